The van der Waals surface area contributed by atoms with E-state index in [1.54, 1.807) is 31.4 Å². The molecule has 0 aliphatic heterocycles. The Morgan fingerprint density at radius 2 is 1.66 bits per heavy atom. The fraction of sp³-hybridized carbons (Fsp3) is 0.0833. The molecular formula is C24H21NO7. The van der Waals surface area contributed by atoms with E-state index in [1.165, 1.54) is 49.6 Å². The Balaban J connectivity index is 1.86. The Bertz CT molecular complexity index is 1140. The molecule has 0 spiro atoms. The van der Waals surface area contributed by atoms with Gasteiger partial charge in [0.1, 0.15) is 17.2 Å². The van der Waals surface area contributed by atoms with Gasteiger partial charge in [0.15, 0.2) is 11.5 Å². The highest BCUT2D eigenvalue weighted by Crippen LogP contribution is 2.27. The zero-order valence-electron chi connectivity index (χ0n) is 17.4. The van der Waals surface area contributed by atoms with Gasteiger partial charge in [-0.05, 0) is 42.5 Å². The van der Waals surface area contributed by atoms with E-state index < -0.39 is 11.2 Å². The normalized spacial score (nSPS) is 11.8. The predicted octanol–water partition coefficient (Wildman–Crippen LogP) is 3.22. The van der Waals surface area contributed by atoms with Gasteiger partial charge in [-0.1, -0.05) is 18.2 Å². The lowest BCUT2D eigenvalue weighted by Crippen LogP contribution is -2.99. The van der Waals surface area contributed by atoms with Crippen molar-refractivity contribution in [1.29, 1.82) is 0 Å². The van der Waals surface area contributed by atoms with Crippen LogP contribution in [-0.4, -0.2) is 31.2 Å². The number of allylic oxidation sites excluding steroid dienone is 1. The average molecular weight is 435 g/mol. The highest BCUT2D eigenvalue weighted by atomic mass is 16.8. The quantitative estimate of drug-likeness (QED) is 0.184. The number of carbonyl (C=O) groups excluding carboxylic acids is 2. The van der Waals surface area contributed by atoms with Gasteiger partial charge in [0, 0.05) is 23.8 Å². The molecule has 164 valence electrons. The first-order valence-electron chi connectivity index (χ1n) is 9.52. The second-order valence-corrected chi connectivity index (χ2v) is 6.57. The Hall–Kier alpha value is -3.98. The first kappa shape index (κ1) is 22.7. The van der Waals surface area contributed by atoms with Crippen molar-refractivity contribution in [1.82, 2.24) is 0 Å². The van der Waals surface area contributed by atoms with Crippen molar-refractivity contribution in [3.63, 3.8) is 0 Å². The van der Waals surface area contributed by atoms with E-state index in [4.69, 9.17) is 19.4 Å². The molecule has 8 heteroatoms. The second kappa shape index (κ2) is 10.4. The van der Waals surface area contributed by atoms with Crippen molar-refractivity contribution in [2.75, 3.05) is 14.2 Å². The molecule has 0 saturated heterocycles. The number of para-hydroxylation sites is 1. The summed E-state index contributed by atoms with van der Waals surface area (Å²) in [6, 6.07) is 17.0. The van der Waals surface area contributed by atoms with E-state index in [0.29, 0.717) is 17.1 Å². The van der Waals surface area contributed by atoms with E-state index in [9.17, 15) is 14.8 Å². The number of hydrogen-bond acceptors (Lipinski definition) is 7. The van der Waals surface area contributed by atoms with Crippen LogP contribution in [0.3, 0.4) is 0 Å². The second-order valence-electron chi connectivity index (χ2n) is 6.57. The third kappa shape index (κ3) is 5.38. The lowest BCUT2D eigenvalue weighted by Gasteiger charge is -2.12. The number of benzene rings is 3. The molecule has 3 aromatic rings. The van der Waals surface area contributed by atoms with Gasteiger partial charge in [-0.2, -0.15) is 5.23 Å². The summed E-state index contributed by atoms with van der Waals surface area (Å²) >= 11 is 0. The maximum absolute atomic E-state index is 12.9. The molecule has 0 amide bonds. The van der Waals surface area contributed by atoms with E-state index >= 15 is 0 Å². The average Bonchev–Trinajstić information content (AvgIpc) is 2.82. The van der Waals surface area contributed by atoms with Gasteiger partial charge in [0.05, 0.1) is 25.3 Å². The number of ether oxygens (including phenoxy) is 3. The van der Waals surface area contributed by atoms with Crippen LogP contribution in [-0.2, 0) is 0 Å². The number of nitrogens with one attached hydrogen (secondary N) is 1. The molecule has 0 aliphatic rings. The summed E-state index contributed by atoms with van der Waals surface area (Å²) < 4.78 is 15.9. The van der Waals surface area contributed by atoms with Crippen molar-refractivity contribution in [2.24, 2.45) is 0 Å². The van der Waals surface area contributed by atoms with Crippen molar-refractivity contribution >= 4 is 23.5 Å². The third-order valence-corrected chi connectivity index (χ3v) is 4.58. The molecule has 0 saturated carbocycles. The SMILES string of the molecule is COc1ccc(C(=O)C=Cc2ccccc2OC)c(OC(=O)c2ccc([NH+]([O-])O)cc2)c1. The van der Waals surface area contributed by atoms with Crippen LogP contribution in [0.5, 0.6) is 17.2 Å². The minimum Gasteiger partial charge on any atom is -0.595 e. The van der Waals surface area contributed by atoms with Gasteiger partial charge in [-0.3, -0.25) is 4.79 Å². The molecule has 32 heavy (non-hydrogen) atoms. The van der Waals surface area contributed by atoms with Crippen LogP contribution in [0.2, 0.25) is 0 Å². The van der Waals surface area contributed by atoms with Crippen LogP contribution in [0.1, 0.15) is 26.3 Å². The van der Waals surface area contributed by atoms with Gasteiger partial charge >= 0.3 is 5.97 Å². The largest absolute Gasteiger partial charge is 0.595 e. The van der Waals surface area contributed by atoms with Crippen molar-refractivity contribution in [3.8, 4) is 17.2 Å². The monoisotopic (exact) mass is 435 g/mol. The molecule has 3 aromatic carbocycles. The lowest BCUT2D eigenvalue weighted by molar-refractivity contribution is -0.991. The van der Waals surface area contributed by atoms with E-state index in [-0.39, 0.29) is 28.3 Å². The van der Waals surface area contributed by atoms with E-state index in [1.807, 2.05) is 12.1 Å². The smallest absolute Gasteiger partial charge is 0.343 e. The maximum atomic E-state index is 12.9. The van der Waals surface area contributed by atoms with Crippen LogP contribution >= 0.6 is 0 Å². The summed E-state index contributed by atoms with van der Waals surface area (Å²) in [6.07, 6.45) is 2.97. The zero-order chi connectivity index (χ0) is 23.1. The topological polar surface area (TPSA) is 110 Å². The van der Waals surface area contributed by atoms with Crippen LogP contribution in [0.25, 0.3) is 6.08 Å². The maximum Gasteiger partial charge on any atom is 0.343 e. The van der Waals surface area contributed by atoms with Gasteiger partial charge in [0.2, 0.25) is 0 Å². The molecule has 1 atom stereocenters. The van der Waals surface area contributed by atoms with E-state index in [0.717, 1.165) is 0 Å². The summed E-state index contributed by atoms with van der Waals surface area (Å²) in [5, 5.41) is 18.9. The van der Waals surface area contributed by atoms with Crippen LogP contribution in [0.15, 0.2) is 72.8 Å². The van der Waals surface area contributed by atoms with Crippen LogP contribution < -0.4 is 19.4 Å². The molecule has 0 aliphatic carbocycles. The molecular weight excluding hydrogens is 414 g/mol. The number of hydrogen-bond donors (Lipinski definition) is 2. The molecule has 0 aromatic heterocycles. The number of quaternary nitrogens is 1. The minimum absolute atomic E-state index is 0.0198. The summed E-state index contributed by atoms with van der Waals surface area (Å²) in [6.45, 7) is 0. The number of carbonyl (C=O) groups is 2. The fourth-order valence-corrected chi connectivity index (χ4v) is 2.88. The Kier molecular flexibility index (Phi) is 7.35. The molecule has 3 rings (SSSR count). The zero-order valence-corrected chi connectivity index (χ0v) is 17.4. The van der Waals surface area contributed by atoms with Crippen molar-refractivity contribution in [2.45, 2.75) is 0 Å². The molecule has 0 bridgehead atoms. The van der Waals surface area contributed by atoms with Crippen LogP contribution in [0.4, 0.5) is 5.69 Å². The summed E-state index contributed by atoms with van der Waals surface area (Å²) in [5.74, 6) is -0.0890. The summed E-state index contributed by atoms with van der Waals surface area (Å²) in [5.41, 5.74) is 1.06. The van der Waals surface area contributed by atoms with Crippen molar-refractivity contribution < 1.29 is 34.2 Å². The molecule has 2 N–H and O–H groups in total. The highest BCUT2D eigenvalue weighted by molar-refractivity contribution is 6.09. The first-order chi connectivity index (χ1) is 15.4. The minimum atomic E-state index is -1.10. The fourth-order valence-electron chi connectivity index (χ4n) is 2.88. The number of rotatable bonds is 8. The molecule has 8 nitrogen and oxygen atoms in total. The third-order valence-electron chi connectivity index (χ3n) is 4.58. The highest BCUT2D eigenvalue weighted by Gasteiger charge is 2.17. The van der Waals surface area contributed by atoms with Crippen molar-refractivity contribution in [3.05, 3.63) is 94.7 Å². The molecule has 0 radical (unpaired) electrons. The summed E-state index contributed by atoms with van der Waals surface area (Å²) in [4.78, 5) is 25.4. The number of esters is 1. The molecule has 1 unspecified atom stereocenters. The number of ketones is 1. The van der Waals surface area contributed by atoms with Gasteiger partial charge < -0.3 is 19.4 Å². The van der Waals surface area contributed by atoms with Gasteiger partial charge in [0.25, 0.3) is 0 Å². The number of methoxy groups -OCH3 is 2. The Labute approximate surface area is 184 Å². The predicted molar refractivity (Wildman–Crippen MR) is 117 cm³/mol. The molecule has 0 fully saturated rings. The summed E-state index contributed by atoms with van der Waals surface area (Å²) in [7, 11) is 2.99. The van der Waals surface area contributed by atoms with Gasteiger partial charge in [-0.25, -0.2) is 10.0 Å². The standard InChI is InChI=1S/C24H21NO7/c1-30-19-12-13-20(21(26)14-9-16-5-3-4-6-22(16)31-2)23(15-19)32-24(27)17-7-10-18(11-8-17)25(28)29/h3-15,25,28H,1-2H3. The molecule has 0 heterocycles. The Morgan fingerprint density at radius 3 is 2.31 bits per heavy atom. The van der Waals surface area contributed by atoms with Gasteiger partial charge in [-0.15, -0.1) is 0 Å². The van der Waals surface area contributed by atoms with E-state index in [2.05, 4.69) is 0 Å². The first-order valence-corrected chi connectivity index (χ1v) is 9.52. The van der Waals surface area contributed by atoms with Crippen LogP contribution in [0, 0.1) is 5.21 Å². The Morgan fingerprint density at radius 1 is 0.938 bits per heavy atom. The lowest BCUT2D eigenvalue weighted by atomic mass is 10.1.